The fraction of sp³-hybridized carbons (Fsp3) is 0.643. The van der Waals surface area contributed by atoms with Gasteiger partial charge in [0.2, 0.25) is 5.88 Å². The minimum atomic E-state index is 0.231. The highest BCUT2D eigenvalue weighted by Crippen LogP contribution is 2.18. The second-order valence-electron chi connectivity index (χ2n) is 5.18. The number of aromatic nitrogens is 1. The molecule has 0 atom stereocenters. The van der Waals surface area contributed by atoms with E-state index >= 15 is 0 Å². The van der Waals surface area contributed by atoms with Gasteiger partial charge in [-0.3, -0.25) is 0 Å². The number of nitrogens with zero attached hydrogens (tertiary/aromatic N) is 1. The number of ether oxygens (including phenoxy) is 2. The summed E-state index contributed by atoms with van der Waals surface area (Å²) in [6.45, 7) is 6.96. The molecule has 1 aromatic rings. The lowest BCUT2D eigenvalue weighted by molar-refractivity contribution is 0.150. The van der Waals surface area contributed by atoms with Crippen LogP contribution >= 0.6 is 0 Å². The molecule has 4 nitrogen and oxygen atoms in total. The first-order valence-corrected chi connectivity index (χ1v) is 6.27. The van der Waals surface area contributed by atoms with Crippen molar-refractivity contribution < 1.29 is 9.47 Å². The standard InChI is InChI=1S/C14H24N2O2/c1-14(2,8-9-17-3)11-15-10-12-6-5-7-13(16-12)18-4/h5-7,15H,8-11H2,1-4H3. The number of nitrogens with one attached hydrogen (secondary N) is 1. The molecule has 1 N–H and O–H groups in total. The van der Waals surface area contributed by atoms with Gasteiger partial charge < -0.3 is 14.8 Å². The molecule has 102 valence electrons. The van der Waals surface area contributed by atoms with Crippen LogP contribution in [0.3, 0.4) is 0 Å². The quantitative estimate of drug-likeness (QED) is 0.770. The lowest BCUT2D eigenvalue weighted by atomic mass is 9.90. The molecule has 18 heavy (non-hydrogen) atoms. The molecule has 0 aliphatic rings. The van der Waals surface area contributed by atoms with Gasteiger partial charge in [-0.25, -0.2) is 4.98 Å². The van der Waals surface area contributed by atoms with E-state index in [2.05, 4.69) is 24.1 Å². The summed E-state index contributed by atoms with van der Waals surface area (Å²) in [5, 5.41) is 3.43. The molecule has 0 unspecified atom stereocenters. The maximum absolute atomic E-state index is 5.12. The molecule has 0 fully saturated rings. The molecular formula is C14H24N2O2. The SMILES string of the molecule is COCCC(C)(C)CNCc1cccc(OC)n1. The van der Waals surface area contributed by atoms with Crippen LogP contribution in [0.1, 0.15) is 26.0 Å². The fourth-order valence-corrected chi connectivity index (χ4v) is 1.67. The molecule has 0 aromatic carbocycles. The molecule has 0 bridgehead atoms. The lowest BCUT2D eigenvalue weighted by Crippen LogP contribution is -2.30. The predicted molar refractivity (Wildman–Crippen MR) is 72.8 cm³/mol. The van der Waals surface area contributed by atoms with Crippen molar-refractivity contribution in [1.82, 2.24) is 10.3 Å². The van der Waals surface area contributed by atoms with E-state index in [0.717, 1.165) is 31.8 Å². The predicted octanol–water partition coefficient (Wildman–Crippen LogP) is 2.24. The second-order valence-corrected chi connectivity index (χ2v) is 5.18. The van der Waals surface area contributed by atoms with Crippen LogP contribution in [0.15, 0.2) is 18.2 Å². The van der Waals surface area contributed by atoms with Gasteiger partial charge in [0.15, 0.2) is 0 Å². The zero-order valence-corrected chi connectivity index (χ0v) is 11.8. The Morgan fingerprint density at radius 2 is 2.06 bits per heavy atom. The van der Waals surface area contributed by atoms with Crippen LogP contribution in [-0.2, 0) is 11.3 Å². The Hall–Kier alpha value is -1.13. The number of methoxy groups -OCH3 is 2. The third-order valence-corrected chi connectivity index (χ3v) is 2.88. The first-order valence-electron chi connectivity index (χ1n) is 6.27. The van der Waals surface area contributed by atoms with Crippen molar-refractivity contribution in [2.24, 2.45) is 5.41 Å². The summed E-state index contributed by atoms with van der Waals surface area (Å²) in [5.74, 6) is 0.660. The Morgan fingerprint density at radius 3 is 2.72 bits per heavy atom. The molecule has 0 spiro atoms. The molecule has 0 saturated carbocycles. The minimum absolute atomic E-state index is 0.231. The summed E-state index contributed by atoms with van der Waals surface area (Å²) in [6.07, 6.45) is 1.04. The lowest BCUT2D eigenvalue weighted by Gasteiger charge is -2.24. The number of hydrogen-bond acceptors (Lipinski definition) is 4. The summed E-state index contributed by atoms with van der Waals surface area (Å²) in [5.41, 5.74) is 1.23. The molecular weight excluding hydrogens is 228 g/mol. The molecule has 0 aliphatic heterocycles. The summed E-state index contributed by atoms with van der Waals surface area (Å²) in [6, 6.07) is 5.81. The topological polar surface area (TPSA) is 43.4 Å². The van der Waals surface area contributed by atoms with Crippen LogP contribution in [0, 0.1) is 5.41 Å². The van der Waals surface area contributed by atoms with E-state index in [1.807, 2.05) is 18.2 Å². The van der Waals surface area contributed by atoms with Gasteiger partial charge in [-0.2, -0.15) is 0 Å². The molecule has 1 aromatic heterocycles. The molecule has 0 amide bonds. The average Bonchev–Trinajstić information content (AvgIpc) is 2.36. The monoisotopic (exact) mass is 252 g/mol. The molecule has 0 aliphatic carbocycles. The van der Waals surface area contributed by atoms with Crippen LogP contribution in [0.5, 0.6) is 5.88 Å². The molecule has 0 saturated heterocycles. The zero-order valence-electron chi connectivity index (χ0n) is 11.8. The van der Waals surface area contributed by atoms with E-state index in [-0.39, 0.29) is 5.41 Å². The van der Waals surface area contributed by atoms with E-state index in [1.54, 1.807) is 14.2 Å². The third-order valence-electron chi connectivity index (χ3n) is 2.88. The highest BCUT2D eigenvalue weighted by atomic mass is 16.5. The molecule has 1 heterocycles. The van der Waals surface area contributed by atoms with Gasteiger partial charge >= 0.3 is 0 Å². The number of hydrogen-bond donors (Lipinski definition) is 1. The number of pyridine rings is 1. The van der Waals surface area contributed by atoms with E-state index in [4.69, 9.17) is 9.47 Å². The van der Waals surface area contributed by atoms with Crippen LogP contribution in [-0.4, -0.2) is 32.4 Å². The Morgan fingerprint density at radius 1 is 1.28 bits per heavy atom. The summed E-state index contributed by atoms with van der Waals surface area (Å²) in [4.78, 5) is 4.36. The first kappa shape index (κ1) is 14.9. The van der Waals surface area contributed by atoms with Gasteiger partial charge in [0, 0.05) is 32.9 Å². The Kier molecular flexibility index (Phi) is 6.09. The van der Waals surface area contributed by atoms with Crippen LogP contribution in [0.2, 0.25) is 0 Å². The van der Waals surface area contributed by atoms with Crippen molar-refractivity contribution >= 4 is 0 Å². The smallest absolute Gasteiger partial charge is 0.213 e. The van der Waals surface area contributed by atoms with Gasteiger partial charge in [-0.05, 0) is 17.9 Å². The summed E-state index contributed by atoms with van der Waals surface area (Å²) < 4.78 is 10.2. The van der Waals surface area contributed by atoms with Crippen molar-refractivity contribution in [3.05, 3.63) is 23.9 Å². The van der Waals surface area contributed by atoms with Crippen molar-refractivity contribution in [2.45, 2.75) is 26.8 Å². The van der Waals surface area contributed by atoms with Crippen molar-refractivity contribution in [3.8, 4) is 5.88 Å². The summed E-state index contributed by atoms with van der Waals surface area (Å²) in [7, 11) is 3.37. The molecule has 1 rings (SSSR count). The van der Waals surface area contributed by atoms with Crippen molar-refractivity contribution in [1.29, 1.82) is 0 Å². The maximum atomic E-state index is 5.12. The highest BCUT2D eigenvalue weighted by molar-refractivity contribution is 5.15. The Bertz CT molecular complexity index is 353. The Balaban J connectivity index is 2.36. The zero-order chi connectivity index (χ0) is 13.4. The fourth-order valence-electron chi connectivity index (χ4n) is 1.67. The maximum Gasteiger partial charge on any atom is 0.213 e. The largest absolute Gasteiger partial charge is 0.481 e. The van der Waals surface area contributed by atoms with Crippen LogP contribution in [0.25, 0.3) is 0 Å². The molecule has 0 radical (unpaired) electrons. The van der Waals surface area contributed by atoms with Gasteiger partial charge in [0.05, 0.1) is 12.8 Å². The van der Waals surface area contributed by atoms with Crippen molar-refractivity contribution in [2.75, 3.05) is 27.4 Å². The van der Waals surface area contributed by atoms with Crippen molar-refractivity contribution in [3.63, 3.8) is 0 Å². The number of rotatable bonds is 8. The minimum Gasteiger partial charge on any atom is -0.481 e. The van der Waals surface area contributed by atoms with Crippen LogP contribution < -0.4 is 10.1 Å². The average molecular weight is 252 g/mol. The van der Waals surface area contributed by atoms with E-state index in [1.165, 1.54) is 0 Å². The highest BCUT2D eigenvalue weighted by Gasteiger charge is 2.16. The second kappa shape index (κ2) is 7.34. The van der Waals surface area contributed by atoms with E-state index in [9.17, 15) is 0 Å². The van der Waals surface area contributed by atoms with E-state index in [0.29, 0.717) is 5.88 Å². The van der Waals surface area contributed by atoms with Crippen LogP contribution in [0.4, 0.5) is 0 Å². The third kappa shape index (κ3) is 5.47. The van der Waals surface area contributed by atoms with Gasteiger partial charge in [-0.15, -0.1) is 0 Å². The van der Waals surface area contributed by atoms with Gasteiger partial charge in [-0.1, -0.05) is 19.9 Å². The summed E-state index contributed by atoms with van der Waals surface area (Å²) >= 11 is 0. The van der Waals surface area contributed by atoms with Gasteiger partial charge in [0.1, 0.15) is 0 Å². The molecule has 4 heteroatoms. The van der Waals surface area contributed by atoms with Gasteiger partial charge in [0.25, 0.3) is 0 Å². The Labute approximate surface area is 110 Å². The normalized spacial score (nSPS) is 11.6. The van der Waals surface area contributed by atoms with E-state index < -0.39 is 0 Å². The first-order chi connectivity index (χ1) is 8.57.